The normalized spacial score (nSPS) is 18.8. The summed E-state index contributed by atoms with van der Waals surface area (Å²) in [4.78, 5) is 45.4. The summed E-state index contributed by atoms with van der Waals surface area (Å²) in [6.07, 6.45) is 0.395. The number of ether oxygens (including phenoxy) is 3. The lowest BCUT2D eigenvalue weighted by atomic mass is 10.1. The number of hydrogen-bond donors (Lipinski definition) is 2. The summed E-state index contributed by atoms with van der Waals surface area (Å²) in [7, 11) is 1.49. The first-order chi connectivity index (χ1) is 20.4. The van der Waals surface area contributed by atoms with Crippen molar-refractivity contribution in [3.8, 4) is 17.2 Å². The number of fused-ring (bicyclic) bond motifs is 8. The molecule has 4 heterocycles. The van der Waals surface area contributed by atoms with Crippen LogP contribution < -0.4 is 24.8 Å². The van der Waals surface area contributed by atoms with Crippen molar-refractivity contribution < 1.29 is 28.6 Å². The van der Waals surface area contributed by atoms with Crippen LogP contribution >= 0.6 is 11.3 Å². The van der Waals surface area contributed by atoms with Gasteiger partial charge in [-0.25, -0.2) is 4.98 Å². The number of nitrogens with one attached hydrogen (secondary N) is 2. The Bertz CT molecular complexity index is 1590. The fraction of sp³-hybridized carbons (Fsp3) is 0.290. The average molecular weight is 587 g/mol. The van der Waals surface area contributed by atoms with E-state index in [-0.39, 0.29) is 30.1 Å². The SMILES string of the molecule is COc1ccc2cc1OCC(=O)NCc1ccc(cc1)O[C@H]1CN(C(=O)CCc3nc4ccccc4s3)C[C@@H]1NC2=O. The average Bonchev–Trinajstić information content (AvgIpc) is 3.61. The van der Waals surface area contributed by atoms with E-state index in [1.807, 2.05) is 48.5 Å². The summed E-state index contributed by atoms with van der Waals surface area (Å²) in [5, 5.41) is 6.79. The van der Waals surface area contributed by atoms with Gasteiger partial charge in [0.1, 0.15) is 11.9 Å². The van der Waals surface area contributed by atoms with Crippen LogP contribution in [0.1, 0.15) is 27.3 Å². The molecule has 216 valence electrons. The third-order valence-corrected chi connectivity index (χ3v) is 8.41. The maximum atomic E-state index is 13.4. The maximum absolute atomic E-state index is 13.4. The zero-order valence-corrected chi connectivity index (χ0v) is 23.8. The number of likely N-dealkylation sites (tertiary alicyclic amines) is 1. The fourth-order valence-corrected chi connectivity index (χ4v) is 6.04. The Morgan fingerprint density at radius 2 is 1.93 bits per heavy atom. The number of carbonyl (C=O) groups excluding carboxylic acids is 3. The zero-order valence-electron chi connectivity index (χ0n) is 23.0. The Hall–Kier alpha value is -4.64. The predicted molar refractivity (Wildman–Crippen MR) is 157 cm³/mol. The standard InChI is InChI=1S/C31H30N4O6S/c1-39-24-11-8-20-14-25(24)40-18-28(36)32-15-19-6-9-21(10-7-19)41-26-17-35(16-23(26)34-31(20)38)30(37)13-12-29-33-22-4-2-3-5-27(22)42-29/h2-11,14,23,26H,12-13,15-18H2,1H3,(H,32,36)(H,34,38)/t23-,26-/m0/s1. The van der Waals surface area contributed by atoms with Crippen LogP contribution in [-0.4, -0.2) is 66.6 Å². The fourth-order valence-electron chi connectivity index (χ4n) is 5.07. The van der Waals surface area contributed by atoms with Gasteiger partial charge in [0.15, 0.2) is 18.1 Å². The first-order valence-electron chi connectivity index (χ1n) is 13.7. The number of para-hydroxylation sites is 1. The summed E-state index contributed by atoms with van der Waals surface area (Å²) in [5.41, 5.74) is 2.16. The topological polar surface area (TPSA) is 119 Å². The van der Waals surface area contributed by atoms with Crippen LogP contribution in [0.5, 0.6) is 17.2 Å². The Kier molecular flexibility index (Phi) is 7.91. The van der Waals surface area contributed by atoms with Crippen LogP contribution in [-0.2, 0) is 22.6 Å². The first kappa shape index (κ1) is 27.5. The Balaban J connectivity index is 1.21. The van der Waals surface area contributed by atoms with Crippen molar-refractivity contribution in [2.24, 2.45) is 0 Å². The molecule has 10 nitrogen and oxygen atoms in total. The Morgan fingerprint density at radius 1 is 1.10 bits per heavy atom. The van der Waals surface area contributed by atoms with Gasteiger partial charge in [-0.3, -0.25) is 14.4 Å². The van der Waals surface area contributed by atoms with Gasteiger partial charge in [0.2, 0.25) is 5.91 Å². The molecule has 0 unspecified atom stereocenters. The molecule has 1 saturated heterocycles. The summed E-state index contributed by atoms with van der Waals surface area (Å²) in [5.74, 6) is 0.609. The number of nitrogens with zero attached hydrogens (tertiary/aromatic N) is 2. The molecule has 1 aromatic heterocycles. The van der Waals surface area contributed by atoms with Crippen molar-refractivity contribution in [3.63, 3.8) is 0 Å². The zero-order chi connectivity index (χ0) is 29.1. The van der Waals surface area contributed by atoms with Crippen molar-refractivity contribution in [3.05, 3.63) is 82.9 Å². The quantitative estimate of drug-likeness (QED) is 0.377. The second kappa shape index (κ2) is 12.1. The van der Waals surface area contributed by atoms with Crippen molar-refractivity contribution in [2.45, 2.75) is 31.5 Å². The van der Waals surface area contributed by atoms with Gasteiger partial charge in [0.25, 0.3) is 11.8 Å². The van der Waals surface area contributed by atoms with Crippen molar-refractivity contribution in [1.82, 2.24) is 20.5 Å². The largest absolute Gasteiger partial charge is 0.493 e. The van der Waals surface area contributed by atoms with Crippen molar-refractivity contribution in [2.75, 3.05) is 26.8 Å². The Morgan fingerprint density at radius 3 is 2.74 bits per heavy atom. The molecular weight excluding hydrogens is 556 g/mol. The lowest BCUT2D eigenvalue weighted by Crippen LogP contribution is -2.45. The van der Waals surface area contributed by atoms with E-state index in [0.29, 0.717) is 49.5 Å². The number of amides is 3. The lowest BCUT2D eigenvalue weighted by molar-refractivity contribution is -0.130. The number of methoxy groups -OCH3 is 1. The molecule has 4 bridgehead atoms. The molecule has 0 radical (unpaired) electrons. The van der Waals surface area contributed by atoms with E-state index in [4.69, 9.17) is 14.2 Å². The van der Waals surface area contributed by atoms with E-state index in [9.17, 15) is 14.4 Å². The highest BCUT2D eigenvalue weighted by Gasteiger charge is 2.38. The molecule has 3 aromatic carbocycles. The minimum absolute atomic E-state index is 0.0204. The summed E-state index contributed by atoms with van der Waals surface area (Å²) in [6, 6.07) is 19.6. The van der Waals surface area contributed by atoms with E-state index in [1.165, 1.54) is 7.11 Å². The number of hydrogen-bond acceptors (Lipinski definition) is 8. The number of benzene rings is 3. The number of carbonyl (C=O) groups is 3. The smallest absolute Gasteiger partial charge is 0.258 e. The first-order valence-corrected chi connectivity index (χ1v) is 14.5. The molecule has 3 aliphatic rings. The molecule has 0 saturated carbocycles. The minimum atomic E-state index is -0.462. The van der Waals surface area contributed by atoms with E-state index in [2.05, 4.69) is 15.6 Å². The third-order valence-electron chi connectivity index (χ3n) is 7.31. The number of rotatable bonds is 4. The molecule has 7 rings (SSSR count). The van der Waals surface area contributed by atoms with Crippen molar-refractivity contribution >= 4 is 39.3 Å². The molecule has 0 aliphatic carbocycles. The van der Waals surface area contributed by atoms with Gasteiger partial charge in [-0.05, 0) is 48.0 Å². The van der Waals surface area contributed by atoms with Crippen LogP contribution in [0.4, 0.5) is 0 Å². The van der Waals surface area contributed by atoms with Gasteiger partial charge in [0.05, 0.1) is 34.9 Å². The molecule has 4 aromatic rings. The highest BCUT2D eigenvalue weighted by atomic mass is 32.1. The van der Waals surface area contributed by atoms with Gasteiger partial charge in [-0.1, -0.05) is 24.3 Å². The Labute approximate surface area is 246 Å². The molecule has 42 heavy (non-hydrogen) atoms. The maximum Gasteiger partial charge on any atom is 0.258 e. The summed E-state index contributed by atoms with van der Waals surface area (Å²) >= 11 is 1.60. The number of aryl methyl sites for hydroxylation is 1. The van der Waals surface area contributed by atoms with E-state index in [0.717, 1.165) is 20.8 Å². The minimum Gasteiger partial charge on any atom is -0.493 e. The third kappa shape index (κ3) is 6.15. The molecule has 2 N–H and O–H groups in total. The van der Waals surface area contributed by atoms with Gasteiger partial charge in [-0.15, -0.1) is 11.3 Å². The van der Waals surface area contributed by atoms with E-state index >= 15 is 0 Å². The highest BCUT2D eigenvalue weighted by molar-refractivity contribution is 7.18. The molecule has 3 aliphatic heterocycles. The molecular formula is C31H30N4O6S. The highest BCUT2D eigenvalue weighted by Crippen LogP contribution is 2.29. The monoisotopic (exact) mass is 586 g/mol. The lowest BCUT2D eigenvalue weighted by Gasteiger charge is -2.21. The van der Waals surface area contributed by atoms with Gasteiger partial charge in [0, 0.05) is 31.5 Å². The molecule has 11 heteroatoms. The number of aromatic nitrogens is 1. The van der Waals surface area contributed by atoms with E-state index in [1.54, 1.807) is 34.4 Å². The van der Waals surface area contributed by atoms with Gasteiger partial charge >= 0.3 is 0 Å². The number of thiazole rings is 1. The van der Waals surface area contributed by atoms with Gasteiger partial charge < -0.3 is 29.7 Å². The van der Waals surface area contributed by atoms with Crippen molar-refractivity contribution in [1.29, 1.82) is 0 Å². The van der Waals surface area contributed by atoms with E-state index < -0.39 is 12.1 Å². The van der Waals surface area contributed by atoms with Gasteiger partial charge in [-0.2, -0.15) is 0 Å². The predicted octanol–water partition coefficient (Wildman–Crippen LogP) is 3.33. The second-order valence-electron chi connectivity index (χ2n) is 10.2. The van der Waals surface area contributed by atoms with Crippen LogP contribution in [0.15, 0.2) is 66.7 Å². The second-order valence-corrected chi connectivity index (χ2v) is 11.3. The van der Waals surface area contributed by atoms with Crippen LogP contribution in [0.2, 0.25) is 0 Å². The summed E-state index contributed by atoms with van der Waals surface area (Å²) < 4.78 is 18.5. The molecule has 2 atom stereocenters. The molecule has 0 spiro atoms. The summed E-state index contributed by atoms with van der Waals surface area (Å²) in [6.45, 7) is 0.730. The molecule has 3 amide bonds. The van der Waals surface area contributed by atoms with Crippen LogP contribution in [0, 0.1) is 0 Å². The molecule has 1 fully saturated rings. The van der Waals surface area contributed by atoms with Crippen LogP contribution in [0.3, 0.4) is 0 Å². The van der Waals surface area contributed by atoms with Crippen LogP contribution in [0.25, 0.3) is 10.2 Å².